The fourth-order valence-electron chi connectivity index (χ4n) is 4.48. The molecule has 36 heavy (non-hydrogen) atoms. The van der Waals surface area contributed by atoms with Crippen LogP contribution in [0.15, 0.2) is 48.4 Å². The Morgan fingerprint density at radius 1 is 1.25 bits per heavy atom. The van der Waals surface area contributed by atoms with Gasteiger partial charge >= 0.3 is 0 Å². The smallest absolute Gasteiger partial charge is 0.251 e. The van der Waals surface area contributed by atoms with Gasteiger partial charge in [-0.05, 0) is 51.2 Å². The molecule has 1 unspecified atom stereocenters. The Labute approximate surface area is 210 Å². The normalized spacial score (nSPS) is 17.6. The molecule has 194 valence electrons. The van der Waals surface area contributed by atoms with Crippen molar-refractivity contribution in [2.45, 2.75) is 51.3 Å². The van der Waals surface area contributed by atoms with Crippen LogP contribution in [0.3, 0.4) is 0 Å². The van der Waals surface area contributed by atoms with E-state index in [1.165, 1.54) is 6.08 Å². The van der Waals surface area contributed by atoms with Crippen LogP contribution in [-0.2, 0) is 20.9 Å². The van der Waals surface area contributed by atoms with Crippen molar-refractivity contribution in [2.75, 3.05) is 32.2 Å². The molecule has 4 rings (SSSR count). The molecule has 2 aliphatic heterocycles. The molecular weight excluding hydrogens is 464 g/mol. The van der Waals surface area contributed by atoms with Crippen LogP contribution in [0.2, 0.25) is 0 Å². The SMILES string of the molecule is COc1ccccc1OC1=CC(=O)N(C(CC2CCOCC2)C(=O)Nc2ccn(CC(C)(C)O)n2)C1. The number of para-hydroxylation sites is 2. The Hall–Kier alpha value is -3.37. The van der Waals surface area contributed by atoms with Crippen LogP contribution in [-0.4, -0.2) is 70.1 Å². The molecule has 2 N–H and O–H groups in total. The van der Waals surface area contributed by atoms with E-state index in [2.05, 4.69) is 10.4 Å². The minimum atomic E-state index is -0.940. The van der Waals surface area contributed by atoms with Gasteiger partial charge < -0.3 is 29.5 Å². The number of carbonyl (C=O) groups excluding carboxylic acids is 2. The van der Waals surface area contributed by atoms with E-state index in [9.17, 15) is 14.7 Å². The maximum Gasteiger partial charge on any atom is 0.251 e. The zero-order chi connectivity index (χ0) is 25.7. The van der Waals surface area contributed by atoms with Crippen molar-refractivity contribution in [1.82, 2.24) is 14.7 Å². The summed E-state index contributed by atoms with van der Waals surface area (Å²) in [6.07, 6.45) is 5.31. The highest BCUT2D eigenvalue weighted by Gasteiger charge is 2.36. The lowest BCUT2D eigenvalue weighted by atomic mass is 9.91. The van der Waals surface area contributed by atoms with Crippen molar-refractivity contribution < 1.29 is 28.9 Å². The summed E-state index contributed by atoms with van der Waals surface area (Å²) in [6, 6.07) is 8.19. The Bertz CT molecular complexity index is 1100. The first-order valence-corrected chi connectivity index (χ1v) is 12.2. The number of aromatic nitrogens is 2. The number of nitrogens with one attached hydrogen (secondary N) is 1. The average molecular weight is 499 g/mol. The van der Waals surface area contributed by atoms with Gasteiger partial charge in [-0.1, -0.05) is 12.1 Å². The number of benzene rings is 1. The van der Waals surface area contributed by atoms with Gasteiger partial charge in [0.05, 0.1) is 25.8 Å². The van der Waals surface area contributed by atoms with Crippen LogP contribution in [0.4, 0.5) is 5.82 Å². The molecular formula is C26H34N4O6. The Morgan fingerprint density at radius 2 is 1.97 bits per heavy atom. The van der Waals surface area contributed by atoms with Gasteiger partial charge in [0.15, 0.2) is 17.3 Å². The lowest BCUT2D eigenvalue weighted by Crippen LogP contribution is -2.47. The summed E-state index contributed by atoms with van der Waals surface area (Å²) >= 11 is 0. The third-order valence-electron chi connectivity index (χ3n) is 6.22. The lowest BCUT2D eigenvalue weighted by Gasteiger charge is -2.31. The van der Waals surface area contributed by atoms with E-state index in [4.69, 9.17) is 14.2 Å². The number of methoxy groups -OCH3 is 1. The zero-order valence-corrected chi connectivity index (χ0v) is 21.0. The van der Waals surface area contributed by atoms with Gasteiger partial charge in [0.25, 0.3) is 5.91 Å². The molecule has 1 saturated heterocycles. The summed E-state index contributed by atoms with van der Waals surface area (Å²) in [4.78, 5) is 28.0. The van der Waals surface area contributed by atoms with Gasteiger partial charge in [0.2, 0.25) is 5.91 Å². The van der Waals surface area contributed by atoms with Crippen molar-refractivity contribution in [3.05, 3.63) is 48.4 Å². The van der Waals surface area contributed by atoms with E-state index in [1.807, 2.05) is 12.1 Å². The second-order valence-corrected chi connectivity index (χ2v) is 9.84. The van der Waals surface area contributed by atoms with Crippen LogP contribution in [0.25, 0.3) is 0 Å². The molecule has 10 nitrogen and oxygen atoms in total. The molecule has 3 heterocycles. The number of ether oxygens (including phenoxy) is 3. The van der Waals surface area contributed by atoms with Gasteiger partial charge in [-0.25, -0.2) is 0 Å². The molecule has 0 saturated carbocycles. The number of hydrogen-bond donors (Lipinski definition) is 2. The maximum absolute atomic E-state index is 13.5. The number of amides is 2. The molecule has 2 aromatic rings. The third kappa shape index (κ3) is 6.64. The van der Waals surface area contributed by atoms with Crippen molar-refractivity contribution in [3.63, 3.8) is 0 Å². The quantitative estimate of drug-likeness (QED) is 0.517. The number of hydrogen-bond acceptors (Lipinski definition) is 7. The lowest BCUT2D eigenvalue weighted by molar-refractivity contribution is -0.134. The monoisotopic (exact) mass is 498 g/mol. The van der Waals surface area contributed by atoms with Gasteiger partial charge in [0.1, 0.15) is 11.8 Å². The minimum Gasteiger partial charge on any atom is -0.493 e. The van der Waals surface area contributed by atoms with Crippen LogP contribution in [0, 0.1) is 5.92 Å². The standard InChI is InChI=1S/C26H34N4O6/c1-26(2,33)17-29-11-8-23(28-29)27-25(32)20(14-18-9-12-35-13-10-18)30-16-19(15-24(30)31)36-22-7-5-4-6-21(22)34-3/h4-8,11,15,18,20,33H,9-10,12-14,16-17H2,1-3H3,(H,27,28,32). The van der Waals surface area contributed by atoms with Crippen LogP contribution in [0.5, 0.6) is 11.5 Å². The molecule has 2 amide bonds. The Balaban J connectivity index is 1.48. The first-order chi connectivity index (χ1) is 17.2. The van der Waals surface area contributed by atoms with Crippen molar-refractivity contribution in [2.24, 2.45) is 5.92 Å². The van der Waals surface area contributed by atoms with Gasteiger partial charge in [-0.15, -0.1) is 0 Å². The molecule has 0 spiro atoms. The summed E-state index contributed by atoms with van der Waals surface area (Å²) in [5, 5.41) is 17.2. The van der Waals surface area contributed by atoms with Crippen LogP contribution >= 0.6 is 0 Å². The zero-order valence-electron chi connectivity index (χ0n) is 21.0. The van der Waals surface area contributed by atoms with Crippen LogP contribution < -0.4 is 14.8 Å². The maximum atomic E-state index is 13.5. The van der Waals surface area contributed by atoms with Crippen molar-refractivity contribution in [3.8, 4) is 11.5 Å². The van der Waals surface area contributed by atoms with E-state index in [0.29, 0.717) is 42.7 Å². The molecule has 2 aliphatic rings. The number of anilines is 1. The largest absolute Gasteiger partial charge is 0.493 e. The predicted molar refractivity (Wildman–Crippen MR) is 133 cm³/mol. The third-order valence-corrected chi connectivity index (χ3v) is 6.22. The molecule has 0 aliphatic carbocycles. The molecule has 1 atom stereocenters. The van der Waals surface area contributed by atoms with Gasteiger partial charge in [-0.3, -0.25) is 14.3 Å². The molecule has 1 aromatic carbocycles. The van der Waals surface area contributed by atoms with Gasteiger partial charge in [0, 0.05) is 31.6 Å². The second kappa shape index (κ2) is 11.1. The summed E-state index contributed by atoms with van der Waals surface area (Å²) < 4.78 is 18.4. The number of nitrogens with zero attached hydrogens (tertiary/aromatic N) is 3. The van der Waals surface area contributed by atoms with E-state index in [0.717, 1.165) is 12.8 Å². The molecule has 1 fully saturated rings. The van der Waals surface area contributed by atoms with Crippen molar-refractivity contribution >= 4 is 17.6 Å². The van der Waals surface area contributed by atoms with Crippen molar-refractivity contribution in [1.29, 1.82) is 0 Å². The highest BCUT2D eigenvalue weighted by Crippen LogP contribution is 2.31. The first-order valence-electron chi connectivity index (χ1n) is 12.2. The van der Waals surface area contributed by atoms with E-state index >= 15 is 0 Å². The topological polar surface area (TPSA) is 115 Å². The highest BCUT2D eigenvalue weighted by atomic mass is 16.5. The Morgan fingerprint density at radius 3 is 2.67 bits per heavy atom. The summed E-state index contributed by atoms with van der Waals surface area (Å²) in [6.45, 7) is 5.13. The number of aliphatic hydroxyl groups is 1. The second-order valence-electron chi connectivity index (χ2n) is 9.84. The fraction of sp³-hybridized carbons (Fsp3) is 0.500. The van der Waals surface area contributed by atoms with E-state index in [1.54, 1.807) is 54.9 Å². The molecule has 10 heteroatoms. The summed E-state index contributed by atoms with van der Waals surface area (Å²) in [7, 11) is 1.56. The molecule has 0 radical (unpaired) electrons. The fourth-order valence-corrected chi connectivity index (χ4v) is 4.48. The van der Waals surface area contributed by atoms with E-state index in [-0.39, 0.29) is 30.8 Å². The number of rotatable bonds is 10. The summed E-state index contributed by atoms with van der Waals surface area (Å²) in [5.41, 5.74) is -0.940. The predicted octanol–water partition coefficient (Wildman–Crippen LogP) is 2.59. The van der Waals surface area contributed by atoms with Crippen LogP contribution in [0.1, 0.15) is 33.1 Å². The highest BCUT2D eigenvalue weighted by molar-refractivity contribution is 5.99. The van der Waals surface area contributed by atoms with E-state index < -0.39 is 11.6 Å². The Kier molecular flexibility index (Phi) is 7.95. The average Bonchev–Trinajstić information content (AvgIpc) is 3.42. The minimum absolute atomic E-state index is 0.172. The number of carbonyl (C=O) groups is 2. The molecule has 0 bridgehead atoms. The first kappa shape index (κ1) is 25.7. The molecule has 1 aromatic heterocycles. The summed E-state index contributed by atoms with van der Waals surface area (Å²) in [5.74, 6) is 1.55. The van der Waals surface area contributed by atoms with Gasteiger partial charge in [-0.2, -0.15) is 5.10 Å².